The molecule has 0 saturated carbocycles. The minimum Gasteiger partial charge on any atom is -0.207 e. The van der Waals surface area contributed by atoms with Crippen molar-refractivity contribution in [1.82, 2.24) is 4.72 Å². The molecular weight excluding hydrogens is 313 g/mol. The van der Waals surface area contributed by atoms with Gasteiger partial charge < -0.3 is 0 Å². The van der Waals surface area contributed by atoms with Crippen molar-refractivity contribution in [1.29, 1.82) is 0 Å². The standard InChI is InChI=1S/C18H20FNO2S/c1-12-10-17(8-9-18(12)19)23(21,22)20-13(2)15-7-6-14-4-3-5-16(14)11-15/h6-11,13,20H,3-5H2,1-2H3/t13-/m1/s1. The van der Waals surface area contributed by atoms with Crippen molar-refractivity contribution in [3.8, 4) is 0 Å². The Balaban J connectivity index is 1.83. The second-order valence-corrected chi connectivity index (χ2v) is 7.85. The quantitative estimate of drug-likeness (QED) is 0.928. The molecule has 1 aliphatic rings. The molecule has 1 atom stereocenters. The van der Waals surface area contributed by atoms with E-state index >= 15 is 0 Å². The van der Waals surface area contributed by atoms with E-state index in [1.54, 1.807) is 6.92 Å². The number of hydrogen-bond acceptors (Lipinski definition) is 2. The molecule has 3 nitrogen and oxygen atoms in total. The smallest absolute Gasteiger partial charge is 0.207 e. The highest BCUT2D eigenvalue weighted by Gasteiger charge is 2.20. The van der Waals surface area contributed by atoms with E-state index in [0.29, 0.717) is 5.56 Å². The van der Waals surface area contributed by atoms with Crippen LogP contribution >= 0.6 is 0 Å². The zero-order chi connectivity index (χ0) is 16.6. The first kappa shape index (κ1) is 16.1. The van der Waals surface area contributed by atoms with Crippen LogP contribution in [0.2, 0.25) is 0 Å². The van der Waals surface area contributed by atoms with Crippen LogP contribution in [0, 0.1) is 12.7 Å². The number of rotatable bonds is 4. The molecule has 5 heteroatoms. The maximum Gasteiger partial charge on any atom is 0.241 e. The molecule has 0 saturated heterocycles. The summed E-state index contributed by atoms with van der Waals surface area (Å²) in [6.45, 7) is 3.38. The van der Waals surface area contributed by atoms with E-state index in [4.69, 9.17) is 0 Å². The number of hydrogen-bond donors (Lipinski definition) is 1. The summed E-state index contributed by atoms with van der Waals surface area (Å²) in [6, 6.07) is 9.65. The Labute approximate surface area is 136 Å². The highest BCUT2D eigenvalue weighted by molar-refractivity contribution is 7.89. The molecule has 0 fully saturated rings. The minimum atomic E-state index is -3.68. The molecule has 122 valence electrons. The Hall–Kier alpha value is -1.72. The fraction of sp³-hybridized carbons (Fsp3) is 0.333. The van der Waals surface area contributed by atoms with Gasteiger partial charge in [0, 0.05) is 6.04 Å². The Kier molecular flexibility index (Phi) is 4.25. The molecule has 3 rings (SSSR count). The maximum atomic E-state index is 13.3. The largest absolute Gasteiger partial charge is 0.241 e. The number of sulfonamides is 1. The summed E-state index contributed by atoms with van der Waals surface area (Å²) < 4.78 is 41.0. The lowest BCUT2D eigenvalue weighted by Gasteiger charge is -2.16. The summed E-state index contributed by atoms with van der Waals surface area (Å²) in [4.78, 5) is 0.0874. The fourth-order valence-corrected chi connectivity index (χ4v) is 4.33. The number of nitrogens with one attached hydrogen (secondary N) is 1. The van der Waals surface area contributed by atoms with Crippen LogP contribution in [0.3, 0.4) is 0 Å². The molecule has 0 radical (unpaired) electrons. The molecule has 0 unspecified atom stereocenters. The van der Waals surface area contributed by atoms with E-state index in [-0.39, 0.29) is 10.9 Å². The van der Waals surface area contributed by atoms with Crippen molar-refractivity contribution in [3.63, 3.8) is 0 Å². The van der Waals surface area contributed by atoms with Crippen LogP contribution in [-0.4, -0.2) is 8.42 Å². The first-order chi connectivity index (χ1) is 10.9. The van der Waals surface area contributed by atoms with Crippen molar-refractivity contribution in [2.75, 3.05) is 0 Å². The average Bonchev–Trinajstić information content (AvgIpc) is 2.96. The van der Waals surface area contributed by atoms with Crippen LogP contribution in [0.15, 0.2) is 41.3 Å². The van der Waals surface area contributed by atoms with Crippen LogP contribution in [0.25, 0.3) is 0 Å². The van der Waals surface area contributed by atoms with E-state index in [1.165, 1.54) is 29.3 Å². The Morgan fingerprint density at radius 1 is 1.09 bits per heavy atom. The van der Waals surface area contributed by atoms with Gasteiger partial charge in [-0.2, -0.15) is 0 Å². The van der Waals surface area contributed by atoms with E-state index in [1.807, 2.05) is 13.0 Å². The van der Waals surface area contributed by atoms with Crippen molar-refractivity contribution < 1.29 is 12.8 Å². The summed E-state index contributed by atoms with van der Waals surface area (Å²) in [5.74, 6) is -0.407. The van der Waals surface area contributed by atoms with Gasteiger partial charge in [0.05, 0.1) is 4.90 Å². The average molecular weight is 333 g/mol. The second kappa shape index (κ2) is 6.06. The number of benzene rings is 2. The third kappa shape index (κ3) is 3.31. The van der Waals surface area contributed by atoms with Crippen molar-refractivity contribution in [2.45, 2.75) is 44.0 Å². The Bertz CT molecular complexity index is 846. The van der Waals surface area contributed by atoms with Gasteiger partial charge in [0.15, 0.2) is 0 Å². The molecule has 0 bridgehead atoms. The molecule has 0 aliphatic heterocycles. The van der Waals surface area contributed by atoms with Gasteiger partial charge in [-0.25, -0.2) is 17.5 Å². The van der Waals surface area contributed by atoms with Gasteiger partial charge in [0.2, 0.25) is 10.0 Å². The molecule has 1 aliphatic carbocycles. The molecule has 23 heavy (non-hydrogen) atoms. The third-order valence-corrected chi connectivity index (χ3v) is 5.93. The summed E-state index contributed by atoms with van der Waals surface area (Å²) >= 11 is 0. The van der Waals surface area contributed by atoms with Gasteiger partial charge in [0.25, 0.3) is 0 Å². The molecule has 0 spiro atoms. The highest BCUT2D eigenvalue weighted by atomic mass is 32.2. The maximum absolute atomic E-state index is 13.3. The van der Waals surface area contributed by atoms with E-state index in [2.05, 4.69) is 16.9 Å². The van der Waals surface area contributed by atoms with Crippen LogP contribution in [0.4, 0.5) is 4.39 Å². The molecule has 0 heterocycles. The second-order valence-electron chi connectivity index (χ2n) is 6.14. The van der Waals surface area contributed by atoms with E-state index < -0.39 is 15.8 Å². The SMILES string of the molecule is Cc1cc(S(=O)(=O)N[C@H](C)c2ccc3c(c2)CCC3)ccc1F. The summed E-state index contributed by atoms with van der Waals surface area (Å²) in [5, 5.41) is 0. The molecule has 2 aromatic rings. The van der Waals surface area contributed by atoms with Crippen molar-refractivity contribution in [2.24, 2.45) is 0 Å². The first-order valence-corrected chi connectivity index (χ1v) is 9.25. The van der Waals surface area contributed by atoms with Crippen LogP contribution in [-0.2, 0) is 22.9 Å². The molecule has 0 amide bonds. The van der Waals surface area contributed by atoms with Crippen LogP contribution < -0.4 is 4.72 Å². The summed E-state index contributed by atoms with van der Waals surface area (Å²) in [6.07, 6.45) is 3.32. The minimum absolute atomic E-state index is 0.0874. The number of fused-ring (bicyclic) bond motifs is 1. The lowest BCUT2D eigenvalue weighted by atomic mass is 10.0. The molecule has 1 N–H and O–H groups in total. The molecule has 0 aromatic heterocycles. The highest BCUT2D eigenvalue weighted by Crippen LogP contribution is 2.26. The lowest BCUT2D eigenvalue weighted by molar-refractivity contribution is 0.565. The van der Waals surface area contributed by atoms with Gasteiger partial charge in [-0.3, -0.25) is 0 Å². The van der Waals surface area contributed by atoms with E-state index in [9.17, 15) is 12.8 Å². The normalized spacial score (nSPS) is 15.4. The Morgan fingerprint density at radius 3 is 2.57 bits per heavy atom. The van der Waals surface area contributed by atoms with Crippen LogP contribution in [0.1, 0.15) is 41.6 Å². The third-order valence-electron chi connectivity index (χ3n) is 4.39. The van der Waals surface area contributed by atoms with Gasteiger partial charge in [-0.05, 0) is 73.6 Å². The van der Waals surface area contributed by atoms with Gasteiger partial charge in [-0.1, -0.05) is 18.2 Å². The molecule has 2 aromatic carbocycles. The zero-order valence-electron chi connectivity index (χ0n) is 13.3. The number of aryl methyl sites for hydroxylation is 3. The predicted molar refractivity (Wildman–Crippen MR) is 88.3 cm³/mol. The van der Waals surface area contributed by atoms with Gasteiger partial charge in [-0.15, -0.1) is 0 Å². The van der Waals surface area contributed by atoms with Gasteiger partial charge >= 0.3 is 0 Å². The fourth-order valence-electron chi connectivity index (χ4n) is 3.01. The summed E-state index contributed by atoms with van der Waals surface area (Å²) in [7, 11) is -3.68. The number of halogens is 1. The first-order valence-electron chi connectivity index (χ1n) is 7.77. The monoisotopic (exact) mass is 333 g/mol. The van der Waals surface area contributed by atoms with E-state index in [0.717, 1.165) is 24.8 Å². The topological polar surface area (TPSA) is 46.2 Å². The summed E-state index contributed by atoms with van der Waals surface area (Å²) in [5.41, 5.74) is 3.94. The van der Waals surface area contributed by atoms with Crippen molar-refractivity contribution >= 4 is 10.0 Å². The predicted octanol–water partition coefficient (Wildman–Crippen LogP) is 3.66. The lowest BCUT2D eigenvalue weighted by Crippen LogP contribution is -2.27. The molecular formula is C18H20FNO2S. The van der Waals surface area contributed by atoms with Crippen LogP contribution in [0.5, 0.6) is 0 Å². The van der Waals surface area contributed by atoms with Crippen molar-refractivity contribution in [3.05, 3.63) is 64.5 Å². The Morgan fingerprint density at radius 2 is 1.83 bits per heavy atom. The zero-order valence-corrected chi connectivity index (χ0v) is 14.1. The van der Waals surface area contributed by atoms with Gasteiger partial charge in [0.1, 0.15) is 5.82 Å².